The van der Waals surface area contributed by atoms with Crippen LogP contribution in [0, 0.1) is 10.1 Å². The predicted octanol–water partition coefficient (Wildman–Crippen LogP) is 1.54. The maximum atomic E-state index is 11.0. The van der Waals surface area contributed by atoms with Crippen LogP contribution in [0.3, 0.4) is 0 Å². The van der Waals surface area contributed by atoms with E-state index in [1.54, 1.807) is 12.1 Å². The van der Waals surface area contributed by atoms with Gasteiger partial charge in [0.25, 0.3) is 5.69 Å². The average Bonchev–Trinajstić information content (AvgIpc) is 2.98. The van der Waals surface area contributed by atoms with E-state index in [2.05, 4.69) is 4.90 Å². The Hall–Kier alpha value is -2.31. The van der Waals surface area contributed by atoms with Crippen molar-refractivity contribution in [3.8, 4) is 0 Å². The van der Waals surface area contributed by atoms with Gasteiger partial charge in [0, 0.05) is 37.0 Å². The third-order valence-electron chi connectivity index (χ3n) is 3.88. The summed E-state index contributed by atoms with van der Waals surface area (Å²) in [6, 6.07) is 6.64. The summed E-state index contributed by atoms with van der Waals surface area (Å²) >= 11 is 0. The highest BCUT2D eigenvalue weighted by Crippen LogP contribution is 2.35. The molecule has 0 spiro atoms. The number of non-ortho nitro benzene ring substituents is 1. The lowest BCUT2D eigenvalue weighted by Gasteiger charge is -2.34. The standard InChI is InChI=1S/C12H13N3O4/c16-12(17)14-7-10-5-11(14)6-13(10)8-1-3-9(4-2-8)15(18)19/h1-4,10-11H,5-7H2,(H,16,17). The highest BCUT2D eigenvalue weighted by molar-refractivity contribution is 5.67. The second-order valence-electron chi connectivity index (χ2n) is 4.90. The molecule has 2 heterocycles. The number of fused-ring (bicyclic) bond motifs is 2. The number of nitro benzene ring substituents is 1. The van der Waals surface area contributed by atoms with Crippen molar-refractivity contribution < 1.29 is 14.8 Å². The summed E-state index contributed by atoms with van der Waals surface area (Å²) < 4.78 is 0. The molecule has 2 saturated heterocycles. The van der Waals surface area contributed by atoms with Crippen molar-refractivity contribution in [1.29, 1.82) is 0 Å². The maximum absolute atomic E-state index is 11.0. The van der Waals surface area contributed by atoms with E-state index in [-0.39, 0.29) is 17.8 Å². The number of hydrogen-bond acceptors (Lipinski definition) is 4. The lowest BCUT2D eigenvalue weighted by molar-refractivity contribution is -0.384. The van der Waals surface area contributed by atoms with Crippen LogP contribution in [-0.2, 0) is 0 Å². The second-order valence-corrected chi connectivity index (χ2v) is 4.90. The van der Waals surface area contributed by atoms with Crippen molar-refractivity contribution in [2.45, 2.75) is 18.5 Å². The van der Waals surface area contributed by atoms with Gasteiger partial charge in [0.2, 0.25) is 0 Å². The molecule has 7 heteroatoms. The van der Waals surface area contributed by atoms with Crippen molar-refractivity contribution in [3.05, 3.63) is 34.4 Å². The molecule has 1 aromatic rings. The Morgan fingerprint density at radius 1 is 1.26 bits per heavy atom. The molecular weight excluding hydrogens is 250 g/mol. The molecule has 0 radical (unpaired) electrons. The van der Waals surface area contributed by atoms with Gasteiger partial charge >= 0.3 is 6.09 Å². The van der Waals surface area contributed by atoms with Gasteiger partial charge in [-0.2, -0.15) is 0 Å². The van der Waals surface area contributed by atoms with Crippen LogP contribution in [0.4, 0.5) is 16.2 Å². The summed E-state index contributed by atoms with van der Waals surface area (Å²) in [5.74, 6) is 0. The Morgan fingerprint density at radius 2 is 1.95 bits per heavy atom. The van der Waals surface area contributed by atoms with E-state index in [1.807, 2.05) is 0 Å². The number of carboxylic acid groups (broad SMARTS) is 1. The van der Waals surface area contributed by atoms with Crippen molar-refractivity contribution in [1.82, 2.24) is 4.90 Å². The third-order valence-corrected chi connectivity index (χ3v) is 3.88. The normalized spacial score (nSPS) is 24.8. The SMILES string of the molecule is O=C(O)N1CC2CC1CN2c1ccc([N+](=O)[O-])cc1. The number of likely N-dealkylation sites (tertiary alicyclic amines) is 1. The predicted molar refractivity (Wildman–Crippen MR) is 67.4 cm³/mol. The zero-order valence-corrected chi connectivity index (χ0v) is 10.1. The summed E-state index contributed by atoms with van der Waals surface area (Å²) in [6.07, 6.45) is -0.0284. The Labute approximate surface area is 109 Å². The maximum Gasteiger partial charge on any atom is 0.407 e. The minimum absolute atomic E-state index is 0.0395. The molecule has 2 atom stereocenters. The van der Waals surface area contributed by atoms with Crippen LogP contribution in [0.2, 0.25) is 0 Å². The van der Waals surface area contributed by atoms with Gasteiger partial charge < -0.3 is 14.9 Å². The monoisotopic (exact) mass is 263 g/mol. The molecule has 2 bridgehead atoms. The first-order valence-corrected chi connectivity index (χ1v) is 6.07. The summed E-state index contributed by atoms with van der Waals surface area (Å²) in [4.78, 5) is 24.8. The fourth-order valence-electron chi connectivity index (χ4n) is 2.98. The van der Waals surface area contributed by atoms with Crippen molar-refractivity contribution in [2.24, 2.45) is 0 Å². The molecule has 2 aliphatic rings. The molecule has 1 aromatic carbocycles. The highest BCUT2D eigenvalue weighted by atomic mass is 16.6. The van der Waals surface area contributed by atoms with E-state index in [0.717, 1.165) is 12.1 Å². The van der Waals surface area contributed by atoms with Gasteiger partial charge in [-0.3, -0.25) is 10.1 Å². The Morgan fingerprint density at radius 3 is 2.42 bits per heavy atom. The molecule has 0 aromatic heterocycles. The fraction of sp³-hybridized carbons (Fsp3) is 0.417. The minimum Gasteiger partial charge on any atom is -0.465 e. The van der Waals surface area contributed by atoms with Crippen molar-refractivity contribution in [3.63, 3.8) is 0 Å². The molecule has 7 nitrogen and oxygen atoms in total. The highest BCUT2D eigenvalue weighted by Gasteiger charge is 2.45. The number of rotatable bonds is 2. The number of anilines is 1. The van der Waals surface area contributed by atoms with Crippen LogP contribution in [0.5, 0.6) is 0 Å². The second kappa shape index (κ2) is 4.11. The molecule has 2 unspecified atom stereocenters. The van der Waals surface area contributed by atoms with Gasteiger partial charge in [0.15, 0.2) is 0 Å². The number of nitrogens with zero attached hydrogens (tertiary/aromatic N) is 3. The molecule has 0 saturated carbocycles. The van der Waals surface area contributed by atoms with E-state index in [4.69, 9.17) is 5.11 Å². The van der Waals surface area contributed by atoms with Gasteiger partial charge in [0.1, 0.15) is 0 Å². The van der Waals surface area contributed by atoms with E-state index in [1.165, 1.54) is 17.0 Å². The molecule has 3 rings (SSSR count). The lowest BCUT2D eigenvalue weighted by Crippen LogP contribution is -2.48. The number of amides is 1. The summed E-state index contributed by atoms with van der Waals surface area (Å²) in [7, 11) is 0. The number of hydrogen-bond donors (Lipinski definition) is 1. The summed E-state index contributed by atoms with van der Waals surface area (Å²) in [6.45, 7) is 1.17. The zero-order chi connectivity index (χ0) is 13.6. The molecule has 2 fully saturated rings. The Bertz CT molecular complexity index is 530. The lowest BCUT2D eigenvalue weighted by atomic mass is 10.2. The topological polar surface area (TPSA) is 86.9 Å². The number of carbonyl (C=O) groups is 1. The smallest absolute Gasteiger partial charge is 0.407 e. The van der Waals surface area contributed by atoms with Crippen molar-refractivity contribution >= 4 is 17.5 Å². The number of piperazine rings is 1. The Kier molecular flexibility index (Phi) is 2.55. The van der Waals surface area contributed by atoms with Crippen LogP contribution in [-0.4, -0.2) is 46.2 Å². The first-order valence-electron chi connectivity index (χ1n) is 6.07. The molecule has 1 amide bonds. The quantitative estimate of drug-likeness (QED) is 0.646. The van der Waals surface area contributed by atoms with Gasteiger partial charge in [-0.05, 0) is 18.6 Å². The molecule has 19 heavy (non-hydrogen) atoms. The third kappa shape index (κ3) is 1.87. The number of benzene rings is 1. The Balaban J connectivity index is 1.76. The van der Waals surface area contributed by atoms with Gasteiger partial charge in [-0.15, -0.1) is 0 Å². The van der Waals surface area contributed by atoms with E-state index in [0.29, 0.717) is 13.1 Å². The minimum atomic E-state index is -0.865. The zero-order valence-electron chi connectivity index (χ0n) is 10.1. The van der Waals surface area contributed by atoms with Gasteiger partial charge in [-0.1, -0.05) is 0 Å². The van der Waals surface area contributed by atoms with Crippen LogP contribution in [0.15, 0.2) is 24.3 Å². The van der Waals surface area contributed by atoms with Crippen LogP contribution >= 0.6 is 0 Å². The first kappa shape index (κ1) is 11.8. The van der Waals surface area contributed by atoms with E-state index in [9.17, 15) is 14.9 Å². The molecule has 0 aliphatic carbocycles. The number of nitro groups is 1. The average molecular weight is 263 g/mol. The fourth-order valence-corrected chi connectivity index (χ4v) is 2.98. The van der Waals surface area contributed by atoms with Crippen molar-refractivity contribution in [2.75, 3.05) is 18.0 Å². The summed E-state index contributed by atoms with van der Waals surface area (Å²) in [5, 5.41) is 19.6. The molecular formula is C12H13N3O4. The summed E-state index contributed by atoms with van der Waals surface area (Å²) in [5.41, 5.74) is 0.989. The van der Waals surface area contributed by atoms with Gasteiger partial charge in [-0.25, -0.2) is 4.79 Å². The van der Waals surface area contributed by atoms with Crippen LogP contribution < -0.4 is 4.90 Å². The van der Waals surface area contributed by atoms with E-state index < -0.39 is 11.0 Å². The van der Waals surface area contributed by atoms with Crippen LogP contribution in [0.1, 0.15) is 6.42 Å². The molecule has 2 aliphatic heterocycles. The van der Waals surface area contributed by atoms with E-state index >= 15 is 0 Å². The van der Waals surface area contributed by atoms with Crippen LogP contribution in [0.25, 0.3) is 0 Å². The largest absolute Gasteiger partial charge is 0.465 e. The van der Waals surface area contributed by atoms with Gasteiger partial charge in [0.05, 0.1) is 11.0 Å². The molecule has 1 N–H and O–H groups in total. The first-order chi connectivity index (χ1) is 9.06. The molecule has 100 valence electrons.